The molecular weight excluding hydrogens is 450 g/mol. The molecule has 34 heavy (non-hydrogen) atoms. The van der Waals surface area contributed by atoms with Gasteiger partial charge in [-0.15, -0.1) is 0 Å². The van der Waals surface area contributed by atoms with Crippen molar-refractivity contribution < 1.29 is 18.0 Å². The van der Waals surface area contributed by atoms with Gasteiger partial charge in [-0.25, -0.2) is 8.42 Å². The van der Waals surface area contributed by atoms with E-state index >= 15 is 0 Å². The zero-order valence-electron chi connectivity index (χ0n) is 20.3. The Morgan fingerprint density at radius 1 is 1.18 bits per heavy atom. The molecule has 182 valence electrons. The number of piperidine rings is 1. The van der Waals surface area contributed by atoms with Crippen molar-refractivity contribution in [3.63, 3.8) is 0 Å². The van der Waals surface area contributed by atoms with Crippen molar-refractivity contribution in [3.8, 4) is 0 Å². The Balaban J connectivity index is 1.55. The van der Waals surface area contributed by atoms with Gasteiger partial charge in [0.25, 0.3) is 0 Å². The summed E-state index contributed by atoms with van der Waals surface area (Å²) in [5, 5.41) is 2.89. The molecule has 0 aromatic heterocycles. The minimum atomic E-state index is -3.64. The molecule has 7 nitrogen and oxygen atoms in total. The zero-order chi connectivity index (χ0) is 24.7. The van der Waals surface area contributed by atoms with Gasteiger partial charge in [0, 0.05) is 25.3 Å². The van der Waals surface area contributed by atoms with Crippen molar-refractivity contribution in [2.45, 2.75) is 57.4 Å². The second kappa shape index (κ2) is 9.15. The van der Waals surface area contributed by atoms with Crippen molar-refractivity contribution >= 4 is 27.5 Å². The van der Waals surface area contributed by atoms with E-state index in [2.05, 4.69) is 12.2 Å². The summed E-state index contributed by atoms with van der Waals surface area (Å²) >= 11 is 0. The normalized spacial score (nSPS) is 20.3. The summed E-state index contributed by atoms with van der Waals surface area (Å²) in [5.41, 5.74) is 2.41. The number of carbonyl (C=O) groups excluding carboxylic acids is 2. The molecule has 0 saturated carbocycles. The van der Waals surface area contributed by atoms with Gasteiger partial charge < -0.3 is 10.2 Å². The monoisotopic (exact) mass is 483 g/mol. The van der Waals surface area contributed by atoms with E-state index in [9.17, 15) is 18.0 Å². The Kier molecular flexibility index (Phi) is 6.57. The van der Waals surface area contributed by atoms with Crippen LogP contribution >= 0.6 is 0 Å². The average Bonchev–Trinajstić information content (AvgIpc) is 2.99. The Morgan fingerprint density at radius 2 is 1.91 bits per heavy atom. The molecule has 2 heterocycles. The number of sulfonamides is 1. The van der Waals surface area contributed by atoms with Crippen molar-refractivity contribution in [1.82, 2.24) is 9.62 Å². The number of benzene rings is 2. The molecule has 2 aromatic rings. The first-order chi connectivity index (χ1) is 16.0. The SMILES string of the molecule is Cc1ccccc1CNC(=O)CN1C(=O)C(C)(C)c2cc(S(=O)(=O)N3CCCC(C)C3)ccc21. The predicted molar refractivity (Wildman–Crippen MR) is 132 cm³/mol. The third-order valence-corrected chi connectivity index (χ3v) is 8.87. The number of rotatable bonds is 6. The maximum atomic E-state index is 13.3. The molecule has 8 heteroatoms. The van der Waals surface area contributed by atoms with E-state index in [4.69, 9.17) is 0 Å². The summed E-state index contributed by atoms with van der Waals surface area (Å²) in [6, 6.07) is 12.7. The maximum Gasteiger partial charge on any atom is 0.243 e. The van der Waals surface area contributed by atoms with Crippen LogP contribution in [0.15, 0.2) is 47.4 Å². The van der Waals surface area contributed by atoms with E-state index in [-0.39, 0.29) is 23.3 Å². The van der Waals surface area contributed by atoms with Crippen molar-refractivity contribution in [2.24, 2.45) is 5.92 Å². The van der Waals surface area contributed by atoms with Gasteiger partial charge in [-0.3, -0.25) is 9.59 Å². The molecule has 0 bridgehead atoms. The maximum absolute atomic E-state index is 13.3. The molecule has 1 N–H and O–H groups in total. The highest BCUT2D eigenvalue weighted by molar-refractivity contribution is 7.89. The van der Waals surface area contributed by atoms with E-state index in [1.54, 1.807) is 36.4 Å². The number of fused-ring (bicyclic) bond motifs is 1. The van der Waals surface area contributed by atoms with E-state index in [0.717, 1.165) is 24.0 Å². The Labute approximate surface area is 202 Å². The first kappa shape index (κ1) is 24.4. The van der Waals surface area contributed by atoms with Gasteiger partial charge in [-0.2, -0.15) is 4.31 Å². The second-order valence-corrected chi connectivity index (χ2v) is 11.9. The van der Waals surface area contributed by atoms with Crippen molar-refractivity contribution in [1.29, 1.82) is 0 Å². The molecule has 1 unspecified atom stereocenters. The van der Waals surface area contributed by atoms with Gasteiger partial charge in [-0.1, -0.05) is 31.2 Å². The van der Waals surface area contributed by atoms with E-state index in [0.29, 0.717) is 36.8 Å². The molecule has 0 spiro atoms. The minimum absolute atomic E-state index is 0.114. The van der Waals surface area contributed by atoms with E-state index < -0.39 is 15.4 Å². The topological polar surface area (TPSA) is 86.8 Å². The lowest BCUT2D eigenvalue weighted by Gasteiger charge is -2.30. The highest BCUT2D eigenvalue weighted by Gasteiger charge is 2.45. The fraction of sp³-hybridized carbons (Fsp3) is 0.462. The van der Waals surface area contributed by atoms with Gasteiger partial charge in [0.05, 0.1) is 10.3 Å². The molecule has 1 fully saturated rings. The fourth-order valence-corrected chi connectivity index (χ4v) is 6.47. The predicted octanol–water partition coefficient (Wildman–Crippen LogP) is 3.36. The van der Waals surface area contributed by atoms with Gasteiger partial charge in [-0.05, 0) is 74.4 Å². The number of nitrogens with zero attached hydrogens (tertiary/aromatic N) is 2. The quantitative estimate of drug-likeness (QED) is 0.683. The van der Waals surface area contributed by atoms with Gasteiger partial charge in [0.2, 0.25) is 21.8 Å². The highest BCUT2D eigenvalue weighted by Crippen LogP contribution is 2.43. The number of amides is 2. The largest absolute Gasteiger partial charge is 0.350 e. The second-order valence-electron chi connectivity index (χ2n) is 10.0. The molecule has 2 aromatic carbocycles. The van der Waals surface area contributed by atoms with Crippen LogP contribution in [0.2, 0.25) is 0 Å². The summed E-state index contributed by atoms with van der Waals surface area (Å²) in [6.45, 7) is 8.90. The molecule has 2 amide bonds. The number of anilines is 1. The average molecular weight is 484 g/mol. The summed E-state index contributed by atoms with van der Waals surface area (Å²) in [6.07, 6.45) is 1.87. The molecule has 2 aliphatic rings. The van der Waals surface area contributed by atoms with Crippen molar-refractivity contribution in [2.75, 3.05) is 24.5 Å². The highest BCUT2D eigenvalue weighted by atomic mass is 32.2. The van der Waals surface area contributed by atoms with Crippen LogP contribution in [0.25, 0.3) is 0 Å². The number of aryl methyl sites for hydroxylation is 1. The van der Waals surface area contributed by atoms with Crippen LogP contribution in [0.4, 0.5) is 5.69 Å². The summed E-state index contributed by atoms with van der Waals surface area (Å²) < 4.78 is 28.1. The third-order valence-electron chi connectivity index (χ3n) is 7.01. The first-order valence-electron chi connectivity index (χ1n) is 11.8. The van der Waals surface area contributed by atoms with Gasteiger partial charge >= 0.3 is 0 Å². The fourth-order valence-electron chi connectivity index (χ4n) is 4.85. The van der Waals surface area contributed by atoms with Crippen LogP contribution in [-0.2, 0) is 31.6 Å². The molecule has 4 rings (SSSR count). The molecule has 2 aliphatic heterocycles. The molecule has 0 aliphatic carbocycles. The van der Waals surface area contributed by atoms with Crippen LogP contribution in [0.3, 0.4) is 0 Å². The molecule has 1 saturated heterocycles. The zero-order valence-corrected chi connectivity index (χ0v) is 21.1. The lowest BCUT2D eigenvalue weighted by atomic mass is 9.86. The minimum Gasteiger partial charge on any atom is -0.350 e. The van der Waals surface area contributed by atoms with Crippen molar-refractivity contribution in [3.05, 3.63) is 59.2 Å². The lowest BCUT2D eigenvalue weighted by Crippen LogP contribution is -2.42. The standard InChI is InChI=1S/C26H33N3O4S/c1-18-8-7-13-28(16-18)34(32,33)21-11-12-23-22(14-21)26(3,4)25(31)29(23)17-24(30)27-15-20-10-6-5-9-19(20)2/h5-6,9-12,14,18H,7-8,13,15-17H2,1-4H3,(H,27,30). The summed E-state index contributed by atoms with van der Waals surface area (Å²) in [7, 11) is -3.64. The smallest absolute Gasteiger partial charge is 0.243 e. The van der Waals surface area contributed by atoms with Crippen LogP contribution < -0.4 is 10.2 Å². The first-order valence-corrected chi connectivity index (χ1v) is 13.2. The Hall–Kier alpha value is -2.71. The number of nitrogens with one attached hydrogen (secondary N) is 1. The number of hydrogen-bond acceptors (Lipinski definition) is 4. The van der Waals surface area contributed by atoms with Crippen LogP contribution in [0, 0.1) is 12.8 Å². The van der Waals surface area contributed by atoms with Crippen LogP contribution in [-0.4, -0.2) is 44.2 Å². The van der Waals surface area contributed by atoms with E-state index in [1.165, 1.54) is 4.90 Å². The Bertz CT molecular complexity index is 1220. The lowest BCUT2D eigenvalue weighted by molar-refractivity contribution is -0.125. The molecule has 1 atom stereocenters. The van der Waals surface area contributed by atoms with Gasteiger partial charge in [0.1, 0.15) is 6.54 Å². The van der Waals surface area contributed by atoms with Crippen LogP contribution in [0.1, 0.15) is 50.3 Å². The van der Waals surface area contributed by atoms with E-state index in [1.807, 2.05) is 31.2 Å². The Morgan fingerprint density at radius 3 is 2.62 bits per heavy atom. The summed E-state index contributed by atoms with van der Waals surface area (Å²) in [4.78, 5) is 27.6. The third kappa shape index (κ3) is 4.49. The molecule has 0 radical (unpaired) electrons. The number of carbonyl (C=O) groups is 2. The number of hydrogen-bond donors (Lipinski definition) is 1. The summed E-state index contributed by atoms with van der Waals surface area (Å²) in [5.74, 6) is -0.154. The van der Waals surface area contributed by atoms with Gasteiger partial charge in [0.15, 0.2) is 0 Å². The van der Waals surface area contributed by atoms with Crippen LogP contribution in [0.5, 0.6) is 0 Å². The molecular formula is C26H33N3O4S.